The molecule has 218 valence electrons. The predicted molar refractivity (Wildman–Crippen MR) is 152 cm³/mol. The molecule has 2 aliphatic heterocycles. The van der Waals surface area contributed by atoms with Gasteiger partial charge in [-0.25, -0.2) is 9.18 Å². The lowest BCUT2D eigenvalue weighted by molar-refractivity contribution is -0.129. The summed E-state index contributed by atoms with van der Waals surface area (Å²) in [6.45, 7) is 1.17. The minimum Gasteiger partial charge on any atom is -0.442 e. The van der Waals surface area contributed by atoms with E-state index in [0.29, 0.717) is 34.5 Å². The molecular weight excluding hydrogens is 586 g/mol. The number of rotatable bonds is 11. The van der Waals surface area contributed by atoms with Crippen LogP contribution in [0.4, 0.5) is 20.6 Å². The number of hydrogen-bond donors (Lipinski definition) is 1. The van der Waals surface area contributed by atoms with Gasteiger partial charge in [-0.15, -0.1) is 23.7 Å². The number of nitrogens with one attached hydrogen (secondary N) is 1. The van der Waals surface area contributed by atoms with E-state index >= 15 is 4.39 Å². The molecule has 1 N–H and O–H groups in total. The van der Waals surface area contributed by atoms with Gasteiger partial charge in [-0.05, 0) is 56.8 Å². The van der Waals surface area contributed by atoms with Crippen LogP contribution in [0, 0.1) is 5.82 Å². The van der Waals surface area contributed by atoms with Crippen molar-refractivity contribution in [3.05, 3.63) is 45.4 Å². The number of unbranched alkanes of at least 4 members (excludes halogenated alkanes) is 2. The number of halogens is 3. The molecule has 4 rings (SSSR count). The van der Waals surface area contributed by atoms with Crippen LogP contribution in [0.25, 0.3) is 0 Å². The highest BCUT2D eigenvalue weighted by Gasteiger charge is 2.37. The van der Waals surface area contributed by atoms with E-state index in [9.17, 15) is 19.2 Å². The summed E-state index contributed by atoms with van der Waals surface area (Å²) in [6, 6.07) is 7.27. The van der Waals surface area contributed by atoms with Gasteiger partial charge >= 0.3 is 6.09 Å². The molecule has 1 aromatic carbocycles. The number of amides is 4. The Bertz CT molecular complexity index is 1230. The summed E-state index contributed by atoms with van der Waals surface area (Å²) >= 11 is 7.06. The van der Waals surface area contributed by atoms with Gasteiger partial charge in [0.25, 0.3) is 11.8 Å². The molecule has 1 aromatic heterocycles. The highest BCUT2D eigenvalue weighted by molar-refractivity contribution is 7.18. The van der Waals surface area contributed by atoms with Crippen molar-refractivity contribution in [3.8, 4) is 0 Å². The fourth-order valence-corrected chi connectivity index (χ4v) is 5.43. The first kappa shape index (κ1) is 31.8. The van der Waals surface area contributed by atoms with Gasteiger partial charge in [0.1, 0.15) is 18.5 Å². The van der Waals surface area contributed by atoms with Crippen LogP contribution in [0.15, 0.2) is 30.3 Å². The standard InChI is InChI=1S/C26H30ClFN4O6S.ClH/c1-29-10-4-2-3-5-23(33)32(25(35)21-8-9-22(27)39-21)15-18-14-31(26(36)38-18)20-7-6-17(13-19(20)28)30-11-12-37-16-24(30)34;/h6-9,13,18,29H,2-5,10-12,14-16H2,1H3;1H/t18-;/m1./s1. The molecule has 2 saturated heterocycles. The van der Waals surface area contributed by atoms with Crippen molar-refractivity contribution in [2.75, 3.05) is 56.2 Å². The molecular formula is C26H31Cl2FN4O6S. The number of nitrogens with zero attached hydrogens (tertiary/aromatic N) is 3. The fraction of sp³-hybridized carbons (Fsp3) is 0.462. The molecule has 0 bridgehead atoms. The summed E-state index contributed by atoms with van der Waals surface area (Å²) in [6.07, 6.45) is 0.837. The first-order valence-electron chi connectivity index (χ1n) is 12.7. The maximum absolute atomic E-state index is 15.1. The third kappa shape index (κ3) is 7.70. The first-order valence-corrected chi connectivity index (χ1v) is 13.9. The van der Waals surface area contributed by atoms with Gasteiger partial charge in [-0.3, -0.25) is 24.2 Å². The summed E-state index contributed by atoms with van der Waals surface area (Å²) in [5.74, 6) is -1.89. The summed E-state index contributed by atoms with van der Waals surface area (Å²) in [5, 5.41) is 3.05. The number of anilines is 2. The Hall–Kier alpha value is -2.77. The van der Waals surface area contributed by atoms with Crippen molar-refractivity contribution in [3.63, 3.8) is 0 Å². The third-order valence-electron chi connectivity index (χ3n) is 6.43. The molecule has 2 aromatic rings. The Morgan fingerprint density at radius 3 is 2.65 bits per heavy atom. The SMILES string of the molecule is CNCCCCCC(=O)N(C[C@H]1CN(c2ccc(N3CCOCC3=O)cc2F)C(=O)O1)C(=O)c1ccc(Cl)s1.Cl. The molecule has 0 unspecified atom stereocenters. The minimum atomic E-state index is -0.856. The van der Waals surface area contributed by atoms with E-state index in [1.165, 1.54) is 17.0 Å². The molecule has 40 heavy (non-hydrogen) atoms. The quantitative estimate of drug-likeness (QED) is 0.379. The number of ether oxygens (including phenoxy) is 2. The summed E-state index contributed by atoms with van der Waals surface area (Å²) < 4.78 is 26.1. The second kappa shape index (κ2) is 14.7. The Morgan fingerprint density at radius 2 is 1.98 bits per heavy atom. The molecule has 3 heterocycles. The van der Waals surface area contributed by atoms with Crippen LogP contribution in [0.3, 0.4) is 0 Å². The van der Waals surface area contributed by atoms with E-state index in [4.69, 9.17) is 21.1 Å². The Labute approximate surface area is 246 Å². The first-order chi connectivity index (χ1) is 18.8. The number of imide groups is 1. The number of hydrogen-bond acceptors (Lipinski definition) is 8. The Balaban J connectivity index is 0.00000441. The zero-order valence-electron chi connectivity index (χ0n) is 21.9. The molecule has 0 radical (unpaired) electrons. The van der Waals surface area contributed by atoms with E-state index in [1.54, 1.807) is 18.2 Å². The van der Waals surface area contributed by atoms with Crippen LogP contribution in [0.5, 0.6) is 0 Å². The summed E-state index contributed by atoms with van der Waals surface area (Å²) in [5.41, 5.74) is 0.339. The number of carbonyl (C=O) groups is 4. The molecule has 1 atom stereocenters. The molecule has 0 saturated carbocycles. The van der Waals surface area contributed by atoms with Gasteiger partial charge in [0.05, 0.1) is 34.6 Å². The van der Waals surface area contributed by atoms with E-state index in [-0.39, 0.29) is 56.0 Å². The number of carbonyl (C=O) groups excluding carboxylic acids is 4. The van der Waals surface area contributed by atoms with E-state index in [0.717, 1.165) is 40.5 Å². The van der Waals surface area contributed by atoms with Crippen LogP contribution in [0.2, 0.25) is 4.34 Å². The largest absolute Gasteiger partial charge is 0.442 e. The lowest BCUT2D eigenvalue weighted by Crippen LogP contribution is -2.43. The van der Waals surface area contributed by atoms with Crippen molar-refractivity contribution in [1.82, 2.24) is 10.2 Å². The van der Waals surface area contributed by atoms with Gasteiger partial charge in [-0.2, -0.15) is 0 Å². The van der Waals surface area contributed by atoms with Crippen molar-refractivity contribution in [1.29, 1.82) is 0 Å². The number of morpholine rings is 1. The molecule has 0 aliphatic carbocycles. The lowest BCUT2D eigenvalue weighted by Gasteiger charge is -2.27. The minimum absolute atomic E-state index is 0. The topological polar surface area (TPSA) is 108 Å². The third-order valence-corrected chi connectivity index (χ3v) is 7.65. The summed E-state index contributed by atoms with van der Waals surface area (Å²) in [4.78, 5) is 55.0. The number of thiophene rings is 1. The second-order valence-corrected chi connectivity index (χ2v) is 10.9. The van der Waals surface area contributed by atoms with E-state index in [1.807, 2.05) is 7.05 Å². The average Bonchev–Trinajstić information content (AvgIpc) is 3.51. The molecule has 4 amide bonds. The highest BCUT2D eigenvalue weighted by atomic mass is 35.5. The fourth-order valence-electron chi connectivity index (χ4n) is 4.44. The van der Waals surface area contributed by atoms with Crippen molar-refractivity contribution in [2.24, 2.45) is 0 Å². The highest BCUT2D eigenvalue weighted by Crippen LogP contribution is 2.30. The molecule has 10 nitrogen and oxygen atoms in total. The van der Waals surface area contributed by atoms with Gasteiger partial charge in [-0.1, -0.05) is 18.0 Å². The van der Waals surface area contributed by atoms with Gasteiger partial charge in [0, 0.05) is 18.7 Å². The van der Waals surface area contributed by atoms with Crippen LogP contribution in [-0.4, -0.2) is 81.3 Å². The smallest absolute Gasteiger partial charge is 0.414 e. The zero-order chi connectivity index (χ0) is 27.9. The van der Waals surface area contributed by atoms with Gasteiger partial charge < -0.3 is 19.7 Å². The van der Waals surface area contributed by atoms with Crippen molar-refractivity contribution in [2.45, 2.75) is 31.8 Å². The van der Waals surface area contributed by atoms with E-state index < -0.39 is 23.9 Å². The lowest BCUT2D eigenvalue weighted by atomic mass is 10.1. The number of cyclic esters (lactones) is 1. The average molecular weight is 618 g/mol. The molecule has 2 fully saturated rings. The van der Waals surface area contributed by atoms with Crippen LogP contribution in [-0.2, 0) is 19.1 Å². The predicted octanol–water partition coefficient (Wildman–Crippen LogP) is 4.10. The maximum Gasteiger partial charge on any atom is 0.414 e. The van der Waals surface area contributed by atoms with Gasteiger partial charge in [0.15, 0.2) is 0 Å². The monoisotopic (exact) mass is 616 g/mol. The summed E-state index contributed by atoms with van der Waals surface area (Å²) in [7, 11) is 1.86. The van der Waals surface area contributed by atoms with Crippen molar-refractivity contribution < 1.29 is 33.0 Å². The normalized spacial score (nSPS) is 17.0. The second-order valence-electron chi connectivity index (χ2n) is 9.18. The van der Waals surface area contributed by atoms with Crippen LogP contribution >= 0.6 is 35.3 Å². The van der Waals surface area contributed by atoms with Crippen LogP contribution in [0.1, 0.15) is 35.4 Å². The van der Waals surface area contributed by atoms with Crippen LogP contribution < -0.4 is 15.1 Å². The van der Waals surface area contributed by atoms with Crippen molar-refractivity contribution >= 4 is 70.5 Å². The van der Waals surface area contributed by atoms with E-state index in [2.05, 4.69) is 5.32 Å². The Kier molecular flexibility index (Phi) is 11.7. The van der Waals surface area contributed by atoms with Gasteiger partial charge in [0.2, 0.25) is 5.91 Å². The molecule has 14 heteroatoms. The zero-order valence-corrected chi connectivity index (χ0v) is 24.3. The number of benzene rings is 1. The molecule has 0 spiro atoms. The molecule has 2 aliphatic rings. The maximum atomic E-state index is 15.1. The Morgan fingerprint density at radius 1 is 1.18 bits per heavy atom.